The standard InChI is InChI=1S/C20H28N2O6S/c1-3-28-20(24)16-5-4-8-21(14-16)19(23)18-13-17(7-6-15(18)2)29(25,26)22-9-11-27-12-10-22/h6-7,13,16H,3-5,8-12,14H2,1-2H3. The van der Waals surface area contributed by atoms with Gasteiger partial charge in [-0.05, 0) is 44.4 Å². The molecule has 1 aromatic carbocycles. The van der Waals surface area contributed by atoms with Gasteiger partial charge in [-0.3, -0.25) is 9.59 Å². The predicted molar refractivity (Wildman–Crippen MR) is 106 cm³/mol. The van der Waals surface area contributed by atoms with Gasteiger partial charge in [-0.25, -0.2) is 8.42 Å². The lowest BCUT2D eigenvalue weighted by molar-refractivity contribution is -0.149. The van der Waals surface area contributed by atoms with Crippen LogP contribution in [0, 0.1) is 12.8 Å². The molecule has 3 rings (SSSR count). The molecule has 160 valence electrons. The van der Waals surface area contributed by atoms with E-state index in [1.807, 2.05) is 0 Å². The maximum Gasteiger partial charge on any atom is 0.310 e. The van der Waals surface area contributed by atoms with Gasteiger partial charge in [0.25, 0.3) is 5.91 Å². The molecule has 0 saturated carbocycles. The number of likely N-dealkylation sites (tertiary alicyclic amines) is 1. The molecule has 0 radical (unpaired) electrons. The van der Waals surface area contributed by atoms with Crippen LogP contribution in [0.4, 0.5) is 0 Å². The molecule has 0 N–H and O–H groups in total. The molecule has 2 aliphatic heterocycles. The van der Waals surface area contributed by atoms with Crippen molar-refractivity contribution in [1.82, 2.24) is 9.21 Å². The van der Waals surface area contributed by atoms with E-state index in [0.717, 1.165) is 0 Å². The number of sulfonamides is 1. The molecule has 2 heterocycles. The second-order valence-corrected chi connectivity index (χ2v) is 9.27. The second-order valence-electron chi connectivity index (χ2n) is 7.34. The van der Waals surface area contributed by atoms with Crippen molar-refractivity contribution in [2.24, 2.45) is 5.92 Å². The Kier molecular flexibility index (Phi) is 6.92. The monoisotopic (exact) mass is 424 g/mol. The molecule has 0 spiro atoms. The molecule has 1 amide bonds. The largest absolute Gasteiger partial charge is 0.466 e. The fraction of sp³-hybridized carbons (Fsp3) is 0.600. The molecule has 2 aliphatic rings. The third-order valence-electron chi connectivity index (χ3n) is 5.38. The van der Waals surface area contributed by atoms with Gasteiger partial charge in [-0.15, -0.1) is 0 Å². The van der Waals surface area contributed by atoms with Crippen LogP contribution in [0.3, 0.4) is 0 Å². The summed E-state index contributed by atoms with van der Waals surface area (Å²) in [6, 6.07) is 4.65. The van der Waals surface area contributed by atoms with Gasteiger partial charge in [-0.2, -0.15) is 4.31 Å². The molecule has 9 heteroatoms. The van der Waals surface area contributed by atoms with Gasteiger partial charge in [-0.1, -0.05) is 6.07 Å². The van der Waals surface area contributed by atoms with E-state index in [1.165, 1.54) is 16.4 Å². The van der Waals surface area contributed by atoms with Crippen molar-refractivity contribution in [1.29, 1.82) is 0 Å². The highest BCUT2D eigenvalue weighted by Crippen LogP contribution is 2.24. The summed E-state index contributed by atoms with van der Waals surface area (Å²) in [5.41, 5.74) is 1.05. The quantitative estimate of drug-likeness (QED) is 0.664. The number of benzene rings is 1. The first kappa shape index (κ1) is 21.7. The first-order valence-electron chi connectivity index (χ1n) is 9.99. The van der Waals surface area contributed by atoms with Crippen molar-refractivity contribution in [3.05, 3.63) is 29.3 Å². The average molecular weight is 425 g/mol. The van der Waals surface area contributed by atoms with E-state index < -0.39 is 10.0 Å². The zero-order valence-electron chi connectivity index (χ0n) is 16.9. The van der Waals surface area contributed by atoms with Crippen molar-refractivity contribution in [3.63, 3.8) is 0 Å². The van der Waals surface area contributed by atoms with E-state index >= 15 is 0 Å². The lowest BCUT2D eigenvalue weighted by Gasteiger charge is -2.32. The third kappa shape index (κ3) is 4.79. The van der Waals surface area contributed by atoms with Crippen LogP contribution in [0.1, 0.15) is 35.7 Å². The van der Waals surface area contributed by atoms with Gasteiger partial charge in [0, 0.05) is 31.7 Å². The van der Waals surface area contributed by atoms with Gasteiger partial charge in [0.15, 0.2) is 0 Å². The summed E-state index contributed by atoms with van der Waals surface area (Å²) in [5.74, 6) is -0.880. The Labute approximate surface area is 171 Å². The molecule has 8 nitrogen and oxygen atoms in total. The van der Waals surface area contributed by atoms with Crippen molar-refractivity contribution in [2.45, 2.75) is 31.6 Å². The summed E-state index contributed by atoms with van der Waals surface area (Å²) in [6.45, 7) is 5.99. The Hall–Kier alpha value is -1.97. The van der Waals surface area contributed by atoms with Crippen LogP contribution in [0.5, 0.6) is 0 Å². The molecule has 2 saturated heterocycles. The molecule has 29 heavy (non-hydrogen) atoms. The number of carbonyl (C=O) groups excluding carboxylic acids is 2. The molecular weight excluding hydrogens is 396 g/mol. The van der Waals surface area contributed by atoms with E-state index in [0.29, 0.717) is 63.4 Å². The summed E-state index contributed by atoms with van der Waals surface area (Å²) in [7, 11) is -3.69. The first-order chi connectivity index (χ1) is 13.8. The third-order valence-corrected chi connectivity index (χ3v) is 7.27. The molecule has 1 unspecified atom stereocenters. The maximum absolute atomic E-state index is 13.1. The molecule has 0 aromatic heterocycles. The maximum atomic E-state index is 13.1. The van der Waals surface area contributed by atoms with Crippen molar-refractivity contribution in [3.8, 4) is 0 Å². The number of carbonyl (C=O) groups is 2. The molecule has 0 bridgehead atoms. The Morgan fingerprint density at radius 2 is 1.93 bits per heavy atom. The van der Waals surface area contributed by atoms with E-state index in [1.54, 1.807) is 24.8 Å². The van der Waals surface area contributed by atoms with Crippen LogP contribution in [-0.4, -0.2) is 75.5 Å². The normalized spacial score (nSPS) is 21.0. The molecule has 0 aliphatic carbocycles. The highest BCUT2D eigenvalue weighted by Gasteiger charge is 2.32. The number of piperidine rings is 1. The number of morpholine rings is 1. The van der Waals surface area contributed by atoms with E-state index in [-0.39, 0.29) is 29.2 Å². The average Bonchev–Trinajstić information content (AvgIpc) is 2.74. The van der Waals surface area contributed by atoms with Gasteiger partial charge in [0.2, 0.25) is 10.0 Å². The minimum atomic E-state index is -3.69. The smallest absolute Gasteiger partial charge is 0.310 e. The SMILES string of the molecule is CCOC(=O)C1CCCN(C(=O)c2cc(S(=O)(=O)N3CCOCC3)ccc2C)C1. The Morgan fingerprint density at radius 1 is 1.21 bits per heavy atom. The van der Waals surface area contributed by atoms with Crippen molar-refractivity contribution >= 4 is 21.9 Å². The number of hydrogen-bond acceptors (Lipinski definition) is 6. The van der Waals surface area contributed by atoms with Crippen LogP contribution in [0.15, 0.2) is 23.1 Å². The fourth-order valence-corrected chi connectivity index (χ4v) is 5.15. The summed E-state index contributed by atoms with van der Waals surface area (Å²) in [4.78, 5) is 27.0. The van der Waals surface area contributed by atoms with E-state index in [2.05, 4.69) is 0 Å². The molecule has 1 aromatic rings. The zero-order valence-corrected chi connectivity index (χ0v) is 17.7. The van der Waals surface area contributed by atoms with Crippen LogP contribution in [0.2, 0.25) is 0 Å². The minimum absolute atomic E-state index is 0.104. The van der Waals surface area contributed by atoms with Gasteiger partial charge < -0.3 is 14.4 Å². The molecule has 1 atom stereocenters. The summed E-state index contributed by atoms with van der Waals surface area (Å²) in [5, 5.41) is 0. The second kappa shape index (κ2) is 9.23. The van der Waals surface area contributed by atoms with Gasteiger partial charge in [0.1, 0.15) is 0 Å². The number of rotatable bonds is 5. The summed E-state index contributed by atoms with van der Waals surface area (Å²) in [6.07, 6.45) is 1.40. The van der Waals surface area contributed by atoms with Gasteiger partial charge >= 0.3 is 5.97 Å². The fourth-order valence-electron chi connectivity index (χ4n) is 3.71. The highest BCUT2D eigenvalue weighted by molar-refractivity contribution is 7.89. The van der Waals surface area contributed by atoms with Crippen LogP contribution in [0.25, 0.3) is 0 Å². The number of ether oxygens (including phenoxy) is 2. The Balaban J connectivity index is 1.82. The number of nitrogens with zero attached hydrogens (tertiary/aromatic N) is 2. The Bertz CT molecular complexity index is 864. The molecule has 2 fully saturated rings. The van der Waals surface area contributed by atoms with Crippen molar-refractivity contribution in [2.75, 3.05) is 46.0 Å². The van der Waals surface area contributed by atoms with Crippen LogP contribution < -0.4 is 0 Å². The predicted octanol–water partition coefficient (Wildman–Crippen LogP) is 1.43. The van der Waals surface area contributed by atoms with Crippen LogP contribution >= 0.6 is 0 Å². The van der Waals surface area contributed by atoms with Crippen molar-refractivity contribution < 1.29 is 27.5 Å². The number of amides is 1. The highest BCUT2D eigenvalue weighted by atomic mass is 32.2. The number of aryl methyl sites for hydroxylation is 1. The Morgan fingerprint density at radius 3 is 2.62 bits per heavy atom. The van der Waals surface area contributed by atoms with E-state index in [9.17, 15) is 18.0 Å². The number of esters is 1. The number of hydrogen-bond donors (Lipinski definition) is 0. The van der Waals surface area contributed by atoms with Gasteiger partial charge in [0.05, 0.1) is 30.6 Å². The first-order valence-corrected chi connectivity index (χ1v) is 11.4. The lowest BCUT2D eigenvalue weighted by atomic mass is 9.97. The lowest BCUT2D eigenvalue weighted by Crippen LogP contribution is -2.43. The zero-order chi connectivity index (χ0) is 21.0. The summed E-state index contributed by atoms with van der Waals surface area (Å²) < 4.78 is 37.6. The van der Waals surface area contributed by atoms with E-state index in [4.69, 9.17) is 9.47 Å². The van der Waals surface area contributed by atoms with Crippen LogP contribution in [-0.2, 0) is 24.3 Å². The molecular formula is C20H28N2O6S. The summed E-state index contributed by atoms with van der Waals surface area (Å²) >= 11 is 0. The minimum Gasteiger partial charge on any atom is -0.466 e. The topological polar surface area (TPSA) is 93.2 Å².